The van der Waals surface area contributed by atoms with Crippen molar-refractivity contribution in [3.05, 3.63) is 108 Å². The molecule has 0 aliphatic rings. The minimum Gasteiger partial charge on any atom is -0.166 e. The van der Waals surface area contributed by atoms with Crippen LogP contribution >= 0.6 is 0 Å². The molecule has 4 aromatic carbocycles. The molecule has 6 heteroatoms. The van der Waals surface area contributed by atoms with Gasteiger partial charge in [-0.15, -0.1) is 0 Å². The first-order chi connectivity index (χ1) is 15.1. The van der Waals surface area contributed by atoms with E-state index in [-0.39, 0.29) is 17.2 Å². The molecule has 0 fully saturated rings. The van der Waals surface area contributed by atoms with E-state index in [1.165, 1.54) is 0 Å². The fourth-order valence-electron chi connectivity index (χ4n) is 3.51. The Labute approximate surface area is 180 Å². The third kappa shape index (κ3) is 4.69. The average Bonchev–Trinajstić information content (AvgIpc) is 2.78. The summed E-state index contributed by atoms with van der Waals surface area (Å²) in [4.78, 5) is 0. The predicted octanol–water partition coefficient (Wildman–Crippen LogP) is 8.73. The minimum absolute atomic E-state index is 0.142. The SMILES string of the molecule is FC(F)(F)c1cc(-c2cc(-c3ccccc3)cc(-c3ccccc3)c2)cc(C(F)(F)F)c1. The van der Waals surface area contributed by atoms with Gasteiger partial charge in [-0.1, -0.05) is 60.7 Å². The molecule has 0 aromatic heterocycles. The van der Waals surface area contributed by atoms with Crippen LogP contribution in [-0.4, -0.2) is 0 Å². The first-order valence-corrected chi connectivity index (χ1v) is 9.67. The Morgan fingerprint density at radius 3 is 1.00 bits per heavy atom. The molecule has 0 radical (unpaired) electrons. The standard InChI is InChI=1S/C26H16F6/c27-25(28,29)23-14-22(15-24(16-23)26(30,31)32)21-12-19(17-7-3-1-4-8-17)11-20(13-21)18-9-5-2-6-10-18/h1-16H. The zero-order chi connectivity index (χ0) is 22.9. The van der Waals surface area contributed by atoms with Crippen LogP contribution in [0.2, 0.25) is 0 Å². The molecule has 0 heterocycles. The van der Waals surface area contributed by atoms with Gasteiger partial charge in [0.15, 0.2) is 0 Å². The Kier molecular flexibility index (Phi) is 5.55. The maximum Gasteiger partial charge on any atom is 0.416 e. The largest absolute Gasteiger partial charge is 0.416 e. The van der Waals surface area contributed by atoms with Gasteiger partial charge < -0.3 is 0 Å². The summed E-state index contributed by atoms with van der Waals surface area (Å²) in [7, 11) is 0. The third-order valence-electron chi connectivity index (χ3n) is 5.07. The van der Waals surface area contributed by atoms with Gasteiger partial charge in [0, 0.05) is 0 Å². The van der Waals surface area contributed by atoms with Crippen LogP contribution in [0.1, 0.15) is 11.1 Å². The fraction of sp³-hybridized carbons (Fsp3) is 0.0769. The number of hydrogen-bond acceptors (Lipinski definition) is 0. The average molecular weight is 442 g/mol. The van der Waals surface area contributed by atoms with E-state index >= 15 is 0 Å². The van der Waals surface area contributed by atoms with Gasteiger partial charge in [0.2, 0.25) is 0 Å². The van der Waals surface area contributed by atoms with Crippen molar-refractivity contribution in [1.82, 2.24) is 0 Å². The van der Waals surface area contributed by atoms with E-state index < -0.39 is 23.5 Å². The molecule has 4 aromatic rings. The second-order valence-corrected chi connectivity index (χ2v) is 7.33. The van der Waals surface area contributed by atoms with Gasteiger partial charge in [0.05, 0.1) is 11.1 Å². The molecule has 0 N–H and O–H groups in total. The van der Waals surface area contributed by atoms with E-state index in [4.69, 9.17) is 0 Å². The summed E-state index contributed by atoms with van der Waals surface area (Å²) >= 11 is 0. The van der Waals surface area contributed by atoms with Crippen LogP contribution < -0.4 is 0 Å². The molecule has 0 aliphatic heterocycles. The Hall–Kier alpha value is -3.54. The zero-order valence-electron chi connectivity index (χ0n) is 16.5. The summed E-state index contributed by atoms with van der Waals surface area (Å²) < 4.78 is 80.2. The van der Waals surface area contributed by atoms with Crippen molar-refractivity contribution in [1.29, 1.82) is 0 Å². The summed E-state index contributed by atoms with van der Waals surface area (Å²) in [5, 5.41) is 0. The van der Waals surface area contributed by atoms with Crippen LogP contribution in [0.15, 0.2) is 97.1 Å². The Morgan fingerprint density at radius 2 is 0.656 bits per heavy atom. The lowest BCUT2D eigenvalue weighted by Crippen LogP contribution is -2.11. The van der Waals surface area contributed by atoms with Crippen LogP contribution in [0.25, 0.3) is 33.4 Å². The lowest BCUT2D eigenvalue weighted by atomic mass is 9.92. The van der Waals surface area contributed by atoms with Gasteiger partial charge in [-0.3, -0.25) is 0 Å². The molecule has 0 amide bonds. The molecular weight excluding hydrogens is 426 g/mol. The molecule has 0 atom stereocenters. The maximum atomic E-state index is 13.4. The molecule has 4 rings (SSSR count). The lowest BCUT2D eigenvalue weighted by Gasteiger charge is -2.16. The Bertz CT molecular complexity index is 1130. The molecule has 0 saturated heterocycles. The topological polar surface area (TPSA) is 0 Å². The number of benzene rings is 4. The van der Waals surface area contributed by atoms with Gasteiger partial charge in [0.1, 0.15) is 0 Å². The highest BCUT2D eigenvalue weighted by Gasteiger charge is 2.37. The van der Waals surface area contributed by atoms with E-state index in [1.807, 2.05) is 66.7 Å². The highest BCUT2D eigenvalue weighted by molar-refractivity contribution is 5.81. The molecule has 0 bridgehead atoms. The van der Waals surface area contributed by atoms with Crippen molar-refractivity contribution in [2.45, 2.75) is 12.4 Å². The fourth-order valence-corrected chi connectivity index (χ4v) is 3.51. The summed E-state index contributed by atoms with van der Waals surface area (Å²) in [5.41, 5.74) is 0.413. The number of alkyl halides is 6. The van der Waals surface area contributed by atoms with Gasteiger partial charge >= 0.3 is 12.4 Å². The first kappa shape index (κ1) is 21.7. The van der Waals surface area contributed by atoms with Crippen LogP contribution in [0.3, 0.4) is 0 Å². The van der Waals surface area contributed by atoms with Crippen molar-refractivity contribution in [3.63, 3.8) is 0 Å². The zero-order valence-corrected chi connectivity index (χ0v) is 16.5. The molecule has 162 valence electrons. The summed E-state index contributed by atoms with van der Waals surface area (Å²) in [6, 6.07) is 25.0. The normalized spacial score (nSPS) is 12.1. The quantitative estimate of drug-likeness (QED) is 0.278. The summed E-state index contributed by atoms with van der Waals surface area (Å²) in [6.07, 6.45) is -9.81. The summed E-state index contributed by atoms with van der Waals surface area (Å²) in [6.45, 7) is 0. The van der Waals surface area contributed by atoms with Crippen molar-refractivity contribution in [2.75, 3.05) is 0 Å². The van der Waals surface area contributed by atoms with Gasteiger partial charge in [0.25, 0.3) is 0 Å². The van der Waals surface area contributed by atoms with Crippen LogP contribution in [0.4, 0.5) is 26.3 Å². The van der Waals surface area contributed by atoms with E-state index in [1.54, 1.807) is 12.1 Å². The van der Waals surface area contributed by atoms with E-state index in [0.29, 0.717) is 11.1 Å². The van der Waals surface area contributed by atoms with E-state index in [0.717, 1.165) is 23.3 Å². The molecule has 32 heavy (non-hydrogen) atoms. The highest BCUT2D eigenvalue weighted by atomic mass is 19.4. The Morgan fingerprint density at radius 1 is 0.344 bits per heavy atom. The van der Waals surface area contributed by atoms with E-state index in [2.05, 4.69) is 0 Å². The Balaban J connectivity index is 1.97. The monoisotopic (exact) mass is 442 g/mol. The maximum absolute atomic E-state index is 13.4. The number of hydrogen-bond donors (Lipinski definition) is 0. The second-order valence-electron chi connectivity index (χ2n) is 7.33. The highest BCUT2D eigenvalue weighted by Crippen LogP contribution is 2.40. The van der Waals surface area contributed by atoms with Crippen LogP contribution in [0.5, 0.6) is 0 Å². The lowest BCUT2D eigenvalue weighted by molar-refractivity contribution is -0.143. The van der Waals surface area contributed by atoms with Crippen molar-refractivity contribution < 1.29 is 26.3 Å². The van der Waals surface area contributed by atoms with E-state index in [9.17, 15) is 26.3 Å². The molecule has 0 nitrogen and oxygen atoms in total. The molecular formula is C26H16F6. The van der Waals surface area contributed by atoms with Gasteiger partial charge in [-0.2, -0.15) is 26.3 Å². The van der Waals surface area contributed by atoms with Crippen molar-refractivity contribution >= 4 is 0 Å². The molecule has 0 saturated carbocycles. The van der Waals surface area contributed by atoms with Crippen LogP contribution in [0, 0.1) is 0 Å². The molecule has 0 spiro atoms. The first-order valence-electron chi connectivity index (χ1n) is 9.67. The predicted molar refractivity (Wildman–Crippen MR) is 113 cm³/mol. The van der Waals surface area contributed by atoms with Crippen molar-refractivity contribution in [2.24, 2.45) is 0 Å². The summed E-state index contributed by atoms with van der Waals surface area (Å²) in [5.74, 6) is 0. The third-order valence-corrected chi connectivity index (χ3v) is 5.07. The molecule has 0 unspecified atom stereocenters. The second kappa shape index (κ2) is 8.19. The van der Waals surface area contributed by atoms with Gasteiger partial charge in [-0.25, -0.2) is 0 Å². The van der Waals surface area contributed by atoms with Crippen molar-refractivity contribution in [3.8, 4) is 33.4 Å². The van der Waals surface area contributed by atoms with Gasteiger partial charge in [-0.05, 0) is 69.8 Å². The smallest absolute Gasteiger partial charge is 0.166 e. The molecule has 0 aliphatic carbocycles. The number of halogens is 6. The minimum atomic E-state index is -4.91. The van der Waals surface area contributed by atoms with Crippen LogP contribution in [-0.2, 0) is 12.4 Å². The number of rotatable bonds is 3.